The van der Waals surface area contributed by atoms with E-state index in [1.54, 1.807) is 11.3 Å². The summed E-state index contributed by atoms with van der Waals surface area (Å²) in [7, 11) is 0. The van der Waals surface area contributed by atoms with Crippen molar-refractivity contribution in [3.05, 3.63) is 24.3 Å². The molecule has 1 aromatic heterocycles. The van der Waals surface area contributed by atoms with Gasteiger partial charge in [0.2, 0.25) is 5.91 Å². The number of β-amino-alcohol motifs (C(OH)–C–C–N with tert-alkyl or cyclic N) is 1. The van der Waals surface area contributed by atoms with E-state index in [0.717, 1.165) is 49.5 Å². The number of hydrogen-bond donors (Lipinski definition) is 1. The standard InChI is InChI=1S/C17H21N3O2S/c21-11-10-19-8-3-6-17(15(19)22)7-9-20(12-17)16-18-13-4-1-2-5-14(13)23-16/h1-2,4-5,21H,3,6-12H2/t17-/m1/s1. The van der Waals surface area contributed by atoms with Gasteiger partial charge in [0.05, 0.1) is 22.2 Å². The van der Waals surface area contributed by atoms with Gasteiger partial charge in [-0.1, -0.05) is 23.5 Å². The van der Waals surface area contributed by atoms with Crippen molar-refractivity contribution in [2.24, 2.45) is 5.41 Å². The van der Waals surface area contributed by atoms with Gasteiger partial charge in [0.15, 0.2) is 5.13 Å². The number of aliphatic hydroxyl groups excluding tert-OH is 1. The first-order chi connectivity index (χ1) is 11.2. The molecule has 2 fully saturated rings. The SMILES string of the molecule is O=C1N(CCO)CCC[C@]12CCN(c1nc3ccccc3s1)C2. The Bertz CT molecular complexity index is 696. The molecular weight excluding hydrogens is 310 g/mol. The number of rotatable bonds is 3. The molecule has 4 rings (SSSR count). The van der Waals surface area contributed by atoms with E-state index in [1.165, 1.54) is 4.70 Å². The van der Waals surface area contributed by atoms with E-state index >= 15 is 0 Å². The Morgan fingerprint density at radius 3 is 2.96 bits per heavy atom. The number of carbonyl (C=O) groups excluding carboxylic acids is 1. The molecule has 2 aliphatic heterocycles. The highest BCUT2D eigenvalue weighted by molar-refractivity contribution is 7.22. The van der Waals surface area contributed by atoms with Gasteiger partial charge in [-0.25, -0.2) is 4.98 Å². The zero-order valence-electron chi connectivity index (χ0n) is 13.1. The average Bonchev–Trinajstić information content (AvgIpc) is 3.17. The number of thiazole rings is 1. The molecule has 0 radical (unpaired) electrons. The molecular formula is C17H21N3O2S. The number of carbonyl (C=O) groups is 1. The van der Waals surface area contributed by atoms with Crippen molar-refractivity contribution >= 4 is 32.6 Å². The maximum absolute atomic E-state index is 12.9. The lowest BCUT2D eigenvalue weighted by Crippen LogP contribution is -2.50. The molecule has 23 heavy (non-hydrogen) atoms. The molecule has 2 saturated heterocycles. The molecule has 0 aliphatic carbocycles. The number of nitrogens with zero attached hydrogens (tertiary/aromatic N) is 3. The Morgan fingerprint density at radius 1 is 1.26 bits per heavy atom. The van der Waals surface area contributed by atoms with Crippen molar-refractivity contribution in [3.8, 4) is 0 Å². The van der Waals surface area contributed by atoms with E-state index in [4.69, 9.17) is 10.1 Å². The molecule has 1 aromatic carbocycles. The molecule has 5 nitrogen and oxygen atoms in total. The molecule has 2 aliphatic rings. The van der Waals surface area contributed by atoms with Crippen molar-refractivity contribution in [2.75, 3.05) is 37.7 Å². The van der Waals surface area contributed by atoms with Crippen molar-refractivity contribution in [1.82, 2.24) is 9.88 Å². The van der Waals surface area contributed by atoms with Gasteiger partial charge in [0.25, 0.3) is 0 Å². The van der Waals surface area contributed by atoms with Crippen molar-refractivity contribution in [1.29, 1.82) is 0 Å². The average molecular weight is 331 g/mol. The molecule has 0 saturated carbocycles. The van der Waals surface area contributed by atoms with Crippen LogP contribution in [0.3, 0.4) is 0 Å². The number of aliphatic hydroxyl groups is 1. The molecule has 6 heteroatoms. The number of para-hydroxylation sites is 1. The van der Waals surface area contributed by atoms with Gasteiger partial charge in [-0.05, 0) is 31.4 Å². The van der Waals surface area contributed by atoms with Crippen LogP contribution in [-0.4, -0.2) is 53.7 Å². The summed E-state index contributed by atoms with van der Waals surface area (Å²) in [5, 5.41) is 10.2. The third-order valence-electron chi connectivity index (χ3n) is 5.10. The Kier molecular flexibility index (Phi) is 3.73. The fraction of sp³-hybridized carbons (Fsp3) is 0.529. The van der Waals surface area contributed by atoms with E-state index < -0.39 is 0 Å². The number of amides is 1. The van der Waals surface area contributed by atoms with Crippen LogP contribution < -0.4 is 4.90 Å². The summed E-state index contributed by atoms with van der Waals surface area (Å²) in [6.07, 6.45) is 2.87. The van der Waals surface area contributed by atoms with Gasteiger partial charge in [0.1, 0.15) is 0 Å². The Hall–Kier alpha value is -1.66. The predicted molar refractivity (Wildman–Crippen MR) is 91.8 cm³/mol. The molecule has 1 atom stereocenters. The van der Waals surface area contributed by atoms with Gasteiger partial charge in [-0.15, -0.1) is 0 Å². The summed E-state index contributed by atoms with van der Waals surface area (Å²) in [4.78, 5) is 21.7. The summed E-state index contributed by atoms with van der Waals surface area (Å²) in [5.41, 5.74) is 0.760. The van der Waals surface area contributed by atoms with E-state index in [-0.39, 0.29) is 17.9 Å². The highest BCUT2D eigenvalue weighted by Crippen LogP contribution is 2.42. The van der Waals surface area contributed by atoms with Crippen LogP contribution in [0.5, 0.6) is 0 Å². The van der Waals surface area contributed by atoms with Crippen LogP contribution in [0.2, 0.25) is 0 Å². The van der Waals surface area contributed by atoms with E-state index in [9.17, 15) is 4.79 Å². The summed E-state index contributed by atoms with van der Waals surface area (Å²) >= 11 is 1.70. The minimum Gasteiger partial charge on any atom is -0.395 e. The third kappa shape index (κ3) is 2.50. The van der Waals surface area contributed by atoms with Crippen LogP contribution >= 0.6 is 11.3 Å². The van der Waals surface area contributed by atoms with Gasteiger partial charge in [-0.2, -0.15) is 0 Å². The summed E-state index contributed by atoms with van der Waals surface area (Å²) < 4.78 is 1.19. The molecule has 0 unspecified atom stereocenters. The maximum Gasteiger partial charge on any atom is 0.230 e. The van der Waals surface area contributed by atoms with Crippen LogP contribution in [0.4, 0.5) is 5.13 Å². The molecule has 1 amide bonds. The van der Waals surface area contributed by atoms with E-state index in [2.05, 4.69) is 11.0 Å². The van der Waals surface area contributed by atoms with Crippen molar-refractivity contribution in [3.63, 3.8) is 0 Å². The summed E-state index contributed by atoms with van der Waals surface area (Å²) in [5.74, 6) is 0.224. The second-order valence-electron chi connectivity index (χ2n) is 6.54. The van der Waals surface area contributed by atoms with Crippen LogP contribution in [0.25, 0.3) is 10.2 Å². The lowest BCUT2D eigenvalue weighted by molar-refractivity contribution is -0.145. The summed E-state index contributed by atoms with van der Waals surface area (Å²) in [6.45, 7) is 2.93. The number of hydrogen-bond acceptors (Lipinski definition) is 5. The first-order valence-corrected chi connectivity index (χ1v) is 9.04. The lowest BCUT2D eigenvalue weighted by atomic mass is 9.78. The lowest BCUT2D eigenvalue weighted by Gasteiger charge is -2.39. The Balaban J connectivity index is 1.57. The van der Waals surface area contributed by atoms with Gasteiger partial charge in [0, 0.05) is 26.2 Å². The van der Waals surface area contributed by atoms with Crippen molar-refractivity contribution in [2.45, 2.75) is 19.3 Å². The number of anilines is 1. The fourth-order valence-electron chi connectivity index (χ4n) is 3.90. The van der Waals surface area contributed by atoms with Gasteiger partial charge >= 0.3 is 0 Å². The number of benzene rings is 1. The topological polar surface area (TPSA) is 56.7 Å². The zero-order chi connectivity index (χ0) is 15.9. The minimum absolute atomic E-state index is 0.0450. The highest BCUT2D eigenvalue weighted by Gasteiger charge is 2.48. The molecule has 1 spiro atoms. The molecule has 122 valence electrons. The Morgan fingerprint density at radius 2 is 2.13 bits per heavy atom. The monoisotopic (exact) mass is 331 g/mol. The second-order valence-corrected chi connectivity index (χ2v) is 7.54. The summed E-state index contributed by atoms with van der Waals surface area (Å²) in [6, 6.07) is 8.18. The van der Waals surface area contributed by atoms with Crippen LogP contribution in [-0.2, 0) is 4.79 Å². The number of piperidine rings is 1. The quantitative estimate of drug-likeness (QED) is 0.936. The van der Waals surface area contributed by atoms with Crippen LogP contribution in [0.1, 0.15) is 19.3 Å². The third-order valence-corrected chi connectivity index (χ3v) is 6.20. The molecule has 3 heterocycles. The van der Waals surface area contributed by atoms with Crippen LogP contribution in [0.15, 0.2) is 24.3 Å². The van der Waals surface area contributed by atoms with Crippen LogP contribution in [0, 0.1) is 5.41 Å². The minimum atomic E-state index is -0.273. The highest BCUT2D eigenvalue weighted by atomic mass is 32.1. The maximum atomic E-state index is 12.9. The predicted octanol–water partition coefficient (Wildman–Crippen LogP) is 2.11. The molecule has 1 N–H and O–H groups in total. The van der Waals surface area contributed by atoms with Gasteiger partial charge in [-0.3, -0.25) is 4.79 Å². The van der Waals surface area contributed by atoms with E-state index in [1.807, 2.05) is 23.1 Å². The smallest absolute Gasteiger partial charge is 0.230 e. The zero-order valence-corrected chi connectivity index (χ0v) is 13.9. The molecule has 2 aromatic rings. The first kappa shape index (κ1) is 14.9. The largest absolute Gasteiger partial charge is 0.395 e. The number of likely N-dealkylation sites (tertiary alicyclic amines) is 1. The fourth-order valence-corrected chi connectivity index (χ4v) is 4.89. The number of fused-ring (bicyclic) bond motifs is 1. The molecule has 0 bridgehead atoms. The normalized spacial score (nSPS) is 25.0. The number of aromatic nitrogens is 1. The van der Waals surface area contributed by atoms with Gasteiger partial charge < -0.3 is 14.9 Å². The van der Waals surface area contributed by atoms with Crippen molar-refractivity contribution < 1.29 is 9.90 Å². The van der Waals surface area contributed by atoms with E-state index in [0.29, 0.717) is 6.54 Å². The first-order valence-electron chi connectivity index (χ1n) is 8.23. The Labute approximate surface area is 139 Å². The second kappa shape index (κ2) is 5.76.